The third-order valence-electron chi connectivity index (χ3n) is 4.13. The van der Waals surface area contributed by atoms with Crippen LogP contribution in [0.4, 0.5) is 5.69 Å². The van der Waals surface area contributed by atoms with Gasteiger partial charge in [0.15, 0.2) is 0 Å². The van der Waals surface area contributed by atoms with Crippen molar-refractivity contribution in [3.63, 3.8) is 0 Å². The monoisotopic (exact) mass is 379 g/mol. The van der Waals surface area contributed by atoms with E-state index in [0.29, 0.717) is 5.69 Å². The van der Waals surface area contributed by atoms with Crippen molar-refractivity contribution >= 4 is 32.4 Å². The van der Waals surface area contributed by atoms with E-state index < -0.39 is 15.9 Å². The minimum Gasteiger partial charge on any atom is -0.324 e. The lowest BCUT2D eigenvalue weighted by atomic mass is 10.1. The van der Waals surface area contributed by atoms with Gasteiger partial charge in [-0.25, -0.2) is 8.42 Å². The lowest BCUT2D eigenvalue weighted by Crippen LogP contribution is -2.35. The molecule has 27 heavy (non-hydrogen) atoms. The molecule has 7 heteroatoms. The number of benzene rings is 3. The first-order valence-electron chi connectivity index (χ1n) is 8.16. The van der Waals surface area contributed by atoms with Crippen LogP contribution in [0.1, 0.15) is 5.56 Å². The first-order chi connectivity index (χ1) is 12.9. The molecular weight excluding hydrogens is 362 g/mol. The molecule has 1 amide bonds. The first kappa shape index (κ1) is 18.6. The van der Waals surface area contributed by atoms with Gasteiger partial charge in [0, 0.05) is 18.1 Å². The van der Waals surface area contributed by atoms with Crippen LogP contribution in [0.5, 0.6) is 0 Å². The van der Waals surface area contributed by atoms with Gasteiger partial charge in [-0.1, -0.05) is 48.5 Å². The summed E-state index contributed by atoms with van der Waals surface area (Å²) in [5.74, 6) is -0.466. The fourth-order valence-electron chi connectivity index (χ4n) is 2.76. The van der Waals surface area contributed by atoms with Gasteiger partial charge in [-0.2, -0.15) is 9.57 Å². The Morgan fingerprint density at radius 3 is 2.48 bits per heavy atom. The molecule has 0 fully saturated rings. The maximum absolute atomic E-state index is 12.7. The lowest BCUT2D eigenvalue weighted by molar-refractivity contribution is -0.116. The van der Waals surface area contributed by atoms with E-state index in [9.17, 15) is 13.2 Å². The number of carbonyl (C=O) groups is 1. The second-order valence-electron chi connectivity index (χ2n) is 5.94. The highest BCUT2D eigenvalue weighted by atomic mass is 32.2. The van der Waals surface area contributed by atoms with Crippen molar-refractivity contribution in [1.82, 2.24) is 4.31 Å². The smallest absolute Gasteiger partial charge is 0.244 e. The number of amides is 1. The molecule has 0 aliphatic carbocycles. The van der Waals surface area contributed by atoms with Crippen molar-refractivity contribution in [2.45, 2.75) is 4.90 Å². The maximum atomic E-state index is 12.7. The number of nitrogens with one attached hydrogen (secondary N) is 1. The topological polar surface area (TPSA) is 90.3 Å². The number of rotatable bonds is 5. The molecule has 3 aromatic carbocycles. The van der Waals surface area contributed by atoms with Crippen molar-refractivity contribution in [1.29, 1.82) is 5.26 Å². The molecule has 1 N–H and O–H groups in total. The van der Waals surface area contributed by atoms with Crippen molar-refractivity contribution in [2.75, 3.05) is 18.9 Å². The number of sulfonamides is 1. The SMILES string of the molecule is CN(CC(=O)Nc1cccc2ccccc12)S(=O)(=O)c1ccccc1C#N. The largest absolute Gasteiger partial charge is 0.324 e. The van der Waals surface area contributed by atoms with Crippen molar-refractivity contribution in [3.05, 3.63) is 72.3 Å². The fraction of sp³-hybridized carbons (Fsp3) is 0.100. The standard InChI is InChI=1S/C20H17N3O3S/c1-23(27(25,26)19-12-5-3-8-16(19)13-21)14-20(24)22-18-11-6-9-15-7-2-4-10-17(15)18/h2-12H,14H2,1H3,(H,22,24). The zero-order valence-corrected chi connectivity index (χ0v) is 15.4. The van der Waals surface area contributed by atoms with Crippen LogP contribution in [0.2, 0.25) is 0 Å². The van der Waals surface area contributed by atoms with Crippen LogP contribution >= 0.6 is 0 Å². The minimum absolute atomic E-state index is 0.0406. The Morgan fingerprint density at radius 1 is 1.04 bits per heavy atom. The normalized spacial score (nSPS) is 11.3. The van der Waals surface area contributed by atoms with Gasteiger partial charge in [-0.05, 0) is 23.6 Å². The molecule has 0 unspecified atom stereocenters. The number of hydrogen-bond donors (Lipinski definition) is 1. The molecule has 136 valence electrons. The van der Waals surface area contributed by atoms with Gasteiger partial charge in [-0.15, -0.1) is 0 Å². The number of likely N-dealkylation sites (N-methyl/N-ethyl adjacent to an activating group) is 1. The summed E-state index contributed by atoms with van der Waals surface area (Å²) in [5, 5.41) is 13.7. The molecule has 0 radical (unpaired) electrons. The second kappa shape index (κ2) is 7.58. The molecule has 0 saturated carbocycles. The van der Waals surface area contributed by atoms with Gasteiger partial charge in [-0.3, -0.25) is 4.79 Å². The molecule has 0 atom stereocenters. The molecule has 0 heterocycles. The predicted octanol–water partition coefficient (Wildman–Crippen LogP) is 2.97. The molecule has 3 aromatic rings. The Morgan fingerprint density at radius 2 is 1.70 bits per heavy atom. The number of carbonyl (C=O) groups excluding carboxylic acids is 1. The van der Waals surface area contributed by atoms with E-state index in [4.69, 9.17) is 5.26 Å². The number of anilines is 1. The third kappa shape index (κ3) is 3.82. The predicted molar refractivity (Wildman–Crippen MR) is 104 cm³/mol. The van der Waals surface area contributed by atoms with E-state index in [2.05, 4.69) is 5.32 Å². The fourth-order valence-corrected chi connectivity index (χ4v) is 4.03. The Bertz CT molecular complexity index is 1150. The average Bonchev–Trinajstić information content (AvgIpc) is 2.68. The minimum atomic E-state index is -3.96. The van der Waals surface area contributed by atoms with Crippen molar-refractivity contribution in [3.8, 4) is 6.07 Å². The molecule has 0 aliphatic rings. The summed E-state index contributed by atoms with van der Waals surface area (Å²) in [4.78, 5) is 12.3. The Kier molecular flexibility index (Phi) is 5.21. The van der Waals surface area contributed by atoms with Crippen molar-refractivity contribution < 1.29 is 13.2 Å². The van der Waals surface area contributed by atoms with E-state index in [0.717, 1.165) is 15.1 Å². The quantitative estimate of drug-likeness (QED) is 0.738. The summed E-state index contributed by atoms with van der Waals surface area (Å²) in [7, 11) is -2.65. The Balaban J connectivity index is 1.80. The van der Waals surface area contributed by atoms with Gasteiger partial charge in [0.05, 0.1) is 17.0 Å². The molecule has 0 bridgehead atoms. The summed E-state index contributed by atoms with van der Waals surface area (Å²) >= 11 is 0. The lowest BCUT2D eigenvalue weighted by Gasteiger charge is -2.18. The Hall–Kier alpha value is -3.21. The van der Waals surface area contributed by atoms with E-state index >= 15 is 0 Å². The summed E-state index contributed by atoms with van der Waals surface area (Å²) < 4.78 is 26.3. The van der Waals surface area contributed by atoms with Crippen LogP contribution < -0.4 is 5.32 Å². The van der Waals surface area contributed by atoms with E-state index in [1.165, 1.54) is 25.2 Å². The van der Waals surface area contributed by atoms with Crippen LogP contribution in [0.3, 0.4) is 0 Å². The second-order valence-corrected chi connectivity index (χ2v) is 7.96. The molecule has 6 nitrogen and oxygen atoms in total. The zero-order valence-electron chi connectivity index (χ0n) is 14.6. The van der Waals surface area contributed by atoms with Gasteiger partial charge < -0.3 is 5.32 Å². The van der Waals surface area contributed by atoms with Gasteiger partial charge in [0.1, 0.15) is 6.07 Å². The summed E-state index contributed by atoms with van der Waals surface area (Å²) in [5.41, 5.74) is 0.653. The number of hydrogen-bond acceptors (Lipinski definition) is 4. The number of fused-ring (bicyclic) bond motifs is 1. The molecular formula is C20H17N3O3S. The Labute approximate surface area is 157 Å². The molecule has 0 saturated heterocycles. The highest BCUT2D eigenvalue weighted by Crippen LogP contribution is 2.23. The number of nitriles is 1. The van der Waals surface area contributed by atoms with Crippen LogP contribution in [-0.2, 0) is 14.8 Å². The van der Waals surface area contributed by atoms with Crippen molar-refractivity contribution in [2.24, 2.45) is 0 Å². The van der Waals surface area contributed by atoms with Crippen LogP contribution in [0, 0.1) is 11.3 Å². The van der Waals surface area contributed by atoms with Gasteiger partial charge in [0.2, 0.25) is 15.9 Å². The van der Waals surface area contributed by atoms with Crippen LogP contribution in [-0.4, -0.2) is 32.2 Å². The highest BCUT2D eigenvalue weighted by Gasteiger charge is 2.25. The van der Waals surface area contributed by atoms with Crippen LogP contribution in [0.25, 0.3) is 10.8 Å². The van der Waals surface area contributed by atoms with E-state index in [1.807, 2.05) is 42.5 Å². The highest BCUT2D eigenvalue weighted by molar-refractivity contribution is 7.89. The van der Waals surface area contributed by atoms with Gasteiger partial charge in [0.25, 0.3) is 0 Å². The zero-order chi connectivity index (χ0) is 19.4. The molecule has 0 aliphatic heterocycles. The number of nitrogens with zero attached hydrogens (tertiary/aromatic N) is 2. The van der Waals surface area contributed by atoms with E-state index in [1.54, 1.807) is 12.1 Å². The first-order valence-corrected chi connectivity index (χ1v) is 9.60. The molecule has 0 aromatic heterocycles. The third-order valence-corrected chi connectivity index (χ3v) is 5.99. The summed E-state index contributed by atoms with van der Waals surface area (Å²) in [6, 6.07) is 20.9. The summed E-state index contributed by atoms with van der Waals surface area (Å²) in [6.07, 6.45) is 0. The van der Waals surface area contributed by atoms with E-state index in [-0.39, 0.29) is 17.0 Å². The van der Waals surface area contributed by atoms with Crippen LogP contribution in [0.15, 0.2) is 71.6 Å². The van der Waals surface area contributed by atoms with Gasteiger partial charge >= 0.3 is 0 Å². The maximum Gasteiger partial charge on any atom is 0.244 e. The average molecular weight is 379 g/mol. The molecule has 0 spiro atoms. The molecule has 3 rings (SSSR count). The summed E-state index contributed by atoms with van der Waals surface area (Å²) in [6.45, 7) is -0.370.